The highest BCUT2D eigenvalue weighted by Gasteiger charge is 2.11. The molecular weight excluding hydrogens is 212 g/mol. The van der Waals surface area contributed by atoms with Crippen molar-refractivity contribution in [1.29, 1.82) is 0 Å². The zero-order valence-corrected chi connectivity index (χ0v) is 9.05. The van der Waals surface area contributed by atoms with Crippen molar-refractivity contribution in [2.75, 3.05) is 0 Å². The van der Waals surface area contributed by atoms with Crippen LogP contribution in [-0.4, -0.2) is 15.8 Å². The molecular formula is C14H10N2O. The van der Waals surface area contributed by atoms with Crippen molar-refractivity contribution < 1.29 is 4.79 Å². The third-order valence-electron chi connectivity index (χ3n) is 2.67. The quantitative estimate of drug-likeness (QED) is 0.677. The molecule has 0 amide bonds. The number of pyridine rings is 1. The van der Waals surface area contributed by atoms with Crippen LogP contribution in [0.4, 0.5) is 0 Å². The molecule has 3 aromatic rings. The number of ketones is 1. The molecule has 0 spiro atoms. The summed E-state index contributed by atoms with van der Waals surface area (Å²) in [5.74, 6) is -0.0106. The van der Waals surface area contributed by atoms with E-state index in [9.17, 15) is 4.79 Å². The largest absolute Gasteiger partial charge is 0.337 e. The van der Waals surface area contributed by atoms with Gasteiger partial charge in [0.2, 0.25) is 5.78 Å². The second kappa shape index (κ2) is 3.87. The first kappa shape index (κ1) is 9.78. The molecule has 3 heteroatoms. The molecule has 1 N–H and O–H groups in total. The lowest BCUT2D eigenvalue weighted by molar-refractivity contribution is 0.103. The lowest BCUT2D eigenvalue weighted by atomic mass is 10.1. The molecule has 1 aromatic carbocycles. The predicted octanol–water partition coefficient (Wildman–Crippen LogP) is 2.79. The number of hydrogen-bond acceptors (Lipinski definition) is 2. The van der Waals surface area contributed by atoms with Gasteiger partial charge in [0.1, 0.15) is 5.65 Å². The SMILES string of the molecule is O=C(c1ccccc1)c1cc2cccnc2[nH]1. The molecule has 3 nitrogen and oxygen atoms in total. The van der Waals surface area contributed by atoms with Crippen LogP contribution >= 0.6 is 0 Å². The molecule has 0 aliphatic rings. The summed E-state index contributed by atoms with van der Waals surface area (Å²) in [6, 6.07) is 14.8. The van der Waals surface area contributed by atoms with Gasteiger partial charge in [0.15, 0.2) is 0 Å². The number of rotatable bonds is 2. The van der Waals surface area contributed by atoms with Gasteiger partial charge in [0.25, 0.3) is 0 Å². The van der Waals surface area contributed by atoms with Crippen molar-refractivity contribution >= 4 is 16.8 Å². The van der Waals surface area contributed by atoms with E-state index in [0.29, 0.717) is 11.3 Å². The Kier molecular flexibility index (Phi) is 2.22. The Labute approximate surface area is 98.1 Å². The molecule has 2 aromatic heterocycles. The summed E-state index contributed by atoms with van der Waals surface area (Å²) in [6.45, 7) is 0. The summed E-state index contributed by atoms with van der Waals surface area (Å²) in [4.78, 5) is 19.4. The van der Waals surface area contributed by atoms with Crippen LogP contribution in [0.1, 0.15) is 16.1 Å². The number of aromatic nitrogens is 2. The maximum Gasteiger partial charge on any atom is 0.209 e. The molecule has 0 aliphatic carbocycles. The molecule has 82 valence electrons. The molecule has 0 saturated carbocycles. The molecule has 0 saturated heterocycles. The van der Waals surface area contributed by atoms with Gasteiger partial charge in [-0.3, -0.25) is 4.79 Å². The smallest absolute Gasteiger partial charge is 0.209 e. The summed E-state index contributed by atoms with van der Waals surface area (Å²) >= 11 is 0. The fourth-order valence-electron chi connectivity index (χ4n) is 1.83. The molecule has 0 atom stereocenters. The van der Waals surface area contributed by atoms with Crippen LogP contribution in [0.2, 0.25) is 0 Å². The van der Waals surface area contributed by atoms with E-state index in [0.717, 1.165) is 11.0 Å². The van der Waals surface area contributed by atoms with Gasteiger partial charge in [-0.1, -0.05) is 30.3 Å². The highest BCUT2D eigenvalue weighted by Crippen LogP contribution is 2.15. The number of carbonyl (C=O) groups is 1. The van der Waals surface area contributed by atoms with Gasteiger partial charge in [-0.15, -0.1) is 0 Å². The number of carbonyl (C=O) groups excluding carboxylic acids is 1. The van der Waals surface area contributed by atoms with Gasteiger partial charge in [0, 0.05) is 17.1 Å². The van der Waals surface area contributed by atoms with E-state index in [-0.39, 0.29) is 5.78 Å². The van der Waals surface area contributed by atoms with E-state index in [2.05, 4.69) is 9.97 Å². The van der Waals surface area contributed by atoms with Crippen molar-refractivity contribution in [3.05, 3.63) is 66.0 Å². The summed E-state index contributed by atoms with van der Waals surface area (Å²) in [5.41, 5.74) is 2.00. The first-order valence-electron chi connectivity index (χ1n) is 5.38. The van der Waals surface area contributed by atoms with Crippen LogP contribution in [0, 0.1) is 0 Å². The van der Waals surface area contributed by atoms with Crippen LogP contribution in [0.25, 0.3) is 11.0 Å². The summed E-state index contributed by atoms with van der Waals surface area (Å²) in [6.07, 6.45) is 1.70. The normalized spacial score (nSPS) is 10.6. The number of H-pyrrole nitrogens is 1. The minimum absolute atomic E-state index is 0.0106. The molecule has 0 radical (unpaired) electrons. The van der Waals surface area contributed by atoms with Crippen LogP contribution in [0.15, 0.2) is 54.7 Å². The first-order valence-corrected chi connectivity index (χ1v) is 5.38. The fourth-order valence-corrected chi connectivity index (χ4v) is 1.83. The summed E-state index contributed by atoms with van der Waals surface area (Å²) in [5, 5.41) is 0.951. The van der Waals surface area contributed by atoms with Gasteiger partial charge < -0.3 is 4.98 Å². The third kappa shape index (κ3) is 1.72. The highest BCUT2D eigenvalue weighted by molar-refractivity contribution is 6.09. The van der Waals surface area contributed by atoms with Crippen LogP contribution in [0.3, 0.4) is 0 Å². The summed E-state index contributed by atoms with van der Waals surface area (Å²) in [7, 11) is 0. The Balaban J connectivity index is 2.07. The number of hydrogen-bond donors (Lipinski definition) is 1. The van der Waals surface area contributed by atoms with E-state index >= 15 is 0 Å². The average Bonchev–Trinajstić information content (AvgIpc) is 2.82. The molecule has 0 unspecified atom stereocenters. The van der Waals surface area contributed by atoms with Gasteiger partial charge >= 0.3 is 0 Å². The van der Waals surface area contributed by atoms with Gasteiger partial charge in [-0.2, -0.15) is 0 Å². The summed E-state index contributed by atoms with van der Waals surface area (Å²) < 4.78 is 0. The number of aromatic amines is 1. The second-order valence-corrected chi connectivity index (χ2v) is 3.82. The predicted molar refractivity (Wildman–Crippen MR) is 66.0 cm³/mol. The first-order chi connectivity index (χ1) is 8.34. The number of benzene rings is 1. The van der Waals surface area contributed by atoms with E-state index in [1.165, 1.54) is 0 Å². The number of nitrogens with one attached hydrogen (secondary N) is 1. The minimum Gasteiger partial charge on any atom is -0.337 e. The van der Waals surface area contributed by atoms with E-state index in [1.807, 2.05) is 36.4 Å². The van der Waals surface area contributed by atoms with E-state index < -0.39 is 0 Å². The molecule has 0 bridgehead atoms. The van der Waals surface area contributed by atoms with Crippen LogP contribution in [0.5, 0.6) is 0 Å². The van der Waals surface area contributed by atoms with Crippen LogP contribution in [-0.2, 0) is 0 Å². The van der Waals surface area contributed by atoms with Crippen molar-refractivity contribution in [3.8, 4) is 0 Å². The molecule has 2 heterocycles. The standard InChI is InChI=1S/C14H10N2O/c17-13(10-5-2-1-3-6-10)12-9-11-7-4-8-15-14(11)16-12/h1-9H,(H,15,16). The van der Waals surface area contributed by atoms with Crippen molar-refractivity contribution in [2.45, 2.75) is 0 Å². The van der Waals surface area contributed by atoms with Crippen molar-refractivity contribution in [3.63, 3.8) is 0 Å². The monoisotopic (exact) mass is 222 g/mol. The molecule has 3 rings (SSSR count). The Hall–Kier alpha value is -2.42. The minimum atomic E-state index is -0.0106. The van der Waals surface area contributed by atoms with Crippen LogP contribution < -0.4 is 0 Å². The number of nitrogens with zero attached hydrogens (tertiary/aromatic N) is 1. The third-order valence-corrected chi connectivity index (χ3v) is 2.67. The van der Waals surface area contributed by atoms with Gasteiger partial charge in [0.05, 0.1) is 5.69 Å². The average molecular weight is 222 g/mol. The highest BCUT2D eigenvalue weighted by atomic mass is 16.1. The maximum absolute atomic E-state index is 12.2. The van der Waals surface area contributed by atoms with E-state index in [4.69, 9.17) is 0 Å². The van der Waals surface area contributed by atoms with Crippen molar-refractivity contribution in [2.24, 2.45) is 0 Å². The molecule has 0 fully saturated rings. The van der Waals surface area contributed by atoms with Gasteiger partial charge in [-0.05, 0) is 18.2 Å². The lowest BCUT2D eigenvalue weighted by Crippen LogP contribution is -2.00. The zero-order chi connectivity index (χ0) is 11.7. The Bertz CT molecular complexity index is 638. The Morgan fingerprint density at radius 3 is 2.65 bits per heavy atom. The number of fused-ring (bicyclic) bond motifs is 1. The van der Waals surface area contributed by atoms with Gasteiger partial charge in [-0.25, -0.2) is 4.98 Å². The lowest BCUT2D eigenvalue weighted by Gasteiger charge is -1.96. The Morgan fingerprint density at radius 1 is 1.06 bits per heavy atom. The van der Waals surface area contributed by atoms with E-state index in [1.54, 1.807) is 18.3 Å². The topological polar surface area (TPSA) is 45.8 Å². The fraction of sp³-hybridized carbons (Fsp3) is 0. The zero-order valence-electron chi connectivity index (χ0n) is 9.05. The van der Waals surface area contributed by atoms with Crippen molar-refractivity contribution in [1.82, 2.24) is 9.97 Å². The second-order valence-electron chi connectivity index (χ2n) is 3.82. The molecule has 0 aliphatic heterocycles. The maximum atomic E-state index is 12.2. The Morgan fingerprint density at radius 2 is 1.88 bits per heavy atom. The molecule has 17 heavy (non-hydrogen) atoms.